The highest BCUT2D eigenvalue weighted by Crippen LogP contribution is 2.22. The van der Waals surface area contributed by atoms with Crippen molar-refractivity contribution in [1.82, 2.24) is 15.5 Å². The number of methoxy groups -OCH3 is 1. The van der Waals surface area contributed by atoms with Crippen LogP contribution in [0.15, 0.2) is 47.0 Å². The van der Waals surface area contributed by atoms with Crippen LogP contribution in [0.4, 0.5) is 5.69 Å². The average Bonchev–Trinajstić information content (AvgIpc) is 3.15. The van der Waals surface area contributed by atoms with E-state index in [2.05, 4.69) is 15.5 Å². The van der Waals surface area contributed by atoms with Crippen molar-refractivity contribution in [3.8, 4) is 17.1 Å². The molecule has 0 spiro atoms. The molecular weight excluding hydrogens is 352 g/mol. The quantitative estimate of drug-likeness (QED) is 0.524. The third-order valence-electron chi connectivity index (χ3n) is 3.94. The zero-order valence-corrected chi connectivity index (χ0v) is 14.6. The Labute approximate surface area is 154 Å². The number of amides is 1. The van der Waals surface area contributed by atoms with Gasteiger partial charge in [-0.2, -0.15) is 4.98 Å². The molecule has 3 rings (SSSR count). The molecule has 1 amide bonds. The van der Waals surface area contributed by atoms with E-state index in [0.29, 0.717) is 22.7 Å². The number of nitro groups is 1. The van der Waals surface area contributed by atoms with Gasteiger partial charge in [0.15, 0.2) is 0 Å². The Morgan fingerprint density at radius 1 is 1.30 bits per heavy atom. The fourth-order valence-corrected chi connectivity index (χ4v) is 2.52. The van der Waals surface area contributed by atoms with Crippen LogP contribution in [0.5, 0.6) is 5.75 Å². The Hall–Kier alpha value is -3.75. The van der Waals surface area contributed by atoms with E-state index in [1.165, 1.54) is 25.1 Å². The molecule has 0 saturated heterocycles. The van der Waals surface area contributed by atoms with Crippen LogP contribution in [-0.4, -0.2) is 28.1 Å². The van der Waals surface area contributed by atoms with Gasteiger partial charge in [0, 0.05) is 22.8 Å². The summed E-state index contributed by atoms with van der Waals surface area (Å²) >= 11 is 0. The minimum atomic E-state index is -0.523. The number of hydrogen-bond donors (Lipinski definition) is 1. The molecule has 0 unspecified atom stereocenters. The number of ether oxygens (including phenoxy) is 1. The van der Waals surface area contributed by atoms with Crippen molar-refractivity contribution >= 4 is 11.6 Å². The molecular formula is C18H16N4O5. The molecule has 9 heteroatoms. The molecule has 1 aromatic heterocycles. The van der Waals surface area contributed by atoms with Gasteiger partial charge < -0.3 is 14.6 Å². The Morgan fingerprint density at radius 3 is 2.81 bits per heavy atom. The minimum absolute atomic E-state index is 0.00205. The summed E-state index contributed by atoms with van der Waals surface area (Å²) in [5, 5.41) is 17.5. The van der Waals surface area contributed by atoms with Crippen molar-refractivity contribution in [2.24, 2.45) is 0 Å². The minimum Gasteiger partial charge on any atom is -0.497 e. The maximum absolute atomic E-state index is 12.3. The number of carbonyl (C=O) groups excluding carboxylic acids is 1. The first-order valence-corrected chi connectivity index (χ1v) is 7.99. The van der Waals surface area contributed by atoms with Crippen molar-refractivity contribution < 1.29 is 19.0 Å². The number of nitro benzene ring substituents is 1. The van der Waals surface area contributed by atoms with Gasteiger partial charge in [0.05, 0.1) is 18.6 Å². The van der Waals surface area contributed by atoms with E-state index in [1.807, 2.05) is 6.07 Å². The van der Waals surface area contributed by atoms with Crippen LogP contribution in [-0.2, 0) is 6.54 Å². The van der Waals surface area contributed by atoms with E-state index in [9.17, 15) is 14.9 Å². The Morgan fingerprint density at radius 2 is 2.07 bits per heavy atom. The summed E-state index contributed by atoms with van der Waals surface area (Å²) in [7, 11) is 1.56. The van der Waals surface area contributed by atoms with E-state index in [0.717, 1.165) is 0 Å². The Bertz CT molecular complexity index is 999. The molecule has 1 N–H and O–H groups in total. The maximum atomic E-state index is 12.3. The number of aromatic nitrogens is 2. The molecule has 0 fully saturated rings. The van der Waals surface area contributed by atoms with E-state index >= 15 is 0 Å². The lowest BCUT2D eigenvalue weighted by molar-refractivity contribution is -0.385. The number of carbonyl (C=O) groups is 1. The lowest BCUT2D eigenvalue weighted by Crippen LogP contribution is -2.24. The molecule has 0 aliphatic heterocycles. The van der Waals surface area contributed by atoms with E-state index in [4.69, 9.17) is 9.26 Å². The second-order valence-electron chi connectivity index (χ2n) is 5.63. The van der Waals surface area contributed by atoms with Gasteiger partial charge in [-0.15, -0.1) is 0 Å². The summed E-state index contributed by atoms with van der Waals surface area (Å²) in [5.74, 6) is 0.777. The van der Waals surface area contributed by atoms with Gasteiger partial charge in [-0.05, 0) is 25.1 Å². The number of nitrogens with zero attached hydrogens (tertiary/aromatic N) is 3. The van der Waals surface area contributed by atoms with E-state index in [1.54, 1.807) is 25.3 Å². The first-order chi connectivity index (χ1) is 13.0. The summed E-state index contributed by atoms with van der Waals surface area (Å²) in [6, 6.07) is 11.5. The Balaban J connectivity index is 1.71. The summed E-state index contributed by atoms with van der Waals surface area (Å²) in [4.78, 5) is 27.0. The summed E-state index contributed by atoms with van der Waals surface area (Å²) in [6.45, 7) is 1.53. The van der Waals surface area contributed by atoms with Crippen molar-refractivity contribution in [2.45, 2.75) is 13.5 Å². The van der Waals surface area contributed by atoms with Crippen molar-refractivity contribution in [3.05, 3.63) is 69.6 Å². The zero-order chi connectivity index (χ0) is 19.4. The van der Waals surface area contributed by atoms with Crippen molar-refractivity contribution in [2.75, 3.05) is 7.11 Å². The largest absolute Gasteiger partial charge is 0.497 e. The first-order valence-electron chi connectivity index (χ1n) is 7.99. The van der Waals surface area contributed by atoms with E-state index in [-0.39, 0.29) is 23.7 Å². The number of nitrogens with one attached hydrogen (secondary N) is 1. The smallest absolute Gasteiger partial charge is 0.273 e. The summed E-state index contributed by atoms with van der Waals surface area (Å²) in [6.07, 6.45) is 0. The number of rotatable bonds is 6. The van der Waals surface area contributed by atoms with Crippen LogP contribution in [0.3, 0.4) is 0 Å². The monoisotopic (exact) mass is 368 g/mol. The van der Waals surface area contributed by atoms with Gasteiger partial charge in [-0.1, -0.05) is 23.4 Å². The average molecular weight is 368 g/mol. The highest BCUT2D eigenvalue weighted by Gasteiger charge is 2.18. The molecule has 9 nitrogen and oxygen atoms in total. The highest BCUT2D eigenvalue weighted by atomic mass is 16.6. The number of benzene rings is 2. The fraction of sp³-hybridized carbons (Fsp3) is 0.167. The lowest BCUT2D eigenvalue weighted by atomic mass is 10.1. The third-order valence-corrected chi connectivity index (χ3v) is 3.94. The van der Waals surface area contributed by atoms with Gasteiger partial charge >= 0.3 is 0 Å². The predicted molar refractivity (Wildman–Crippen MR) is 95.3 cm³/mol. The fourth-order valence-electron chi connectivity index (χ4n) is 2.52. The molecule has 0 atom stereocenters. The van der Waals surface area contributed by atoms with Crippen LogP contribution in [0.1, 0.15) is 21.8 Å². The van der Waals surface area contributed by atoms with E-state index < -0.39 is 10.8 Å². The Kier molecular flexibility index (Phi) is 5.11. The molecule has 0 radical (unpaired) electrons. The molecule has 27 heavy (non-hydrogen) atoms. The van der Waals surface area contributed by atoms with Gasteiger partial charge in [0.1, 0.15) is 5.75 Å². The highest BCUT2D eigenvalue weighted by molar-refractivity contribution is 5.96. The molecule has 0 aliphatic carbocycles. The second kappa shape index (κ2) is 7.65. The number of hydrogen-bond acceptors (Lipinski definition) is 7. The van der Waals surface area contributed by atoms with Crippen LogP contribution in [0, 0.1) is 17.0 Å². The molecule has 2 aromatic carbocycles. The van der Waals surface area contributed by atoms with Crippen LogP contribution >= 0.6 is 0 Å². The van der Waals surface area contributed by atoms with Gasteiger partial charge in [0.2, 0.25) is 11.7 Å². The van der Waals surface area contributed by atoms with Gasteiger partial charge in [-0.25, -0.2) is 0 Å². The van der Waals surface area contributed by atoms with Crippen LogP contribution < -0.4 is 10.1 Å². The molecule has 1 heterocycles. The second-order valence-corrected chi connectivity index (χ2v) is 5.63. The topological polar surface area (TPSA) is 120 Å². The molecule has 138 valence electrons. The standard InChI is InChI=1S/C18H16N4O5/c1-11-14(7-4-8-15(11)22(24)25)18(23)19-10-16-20-17(21-27-16)12-5-3-6-13(9-12)26-2/h3-9H,10H2,1-2H3,(H,19,23). The molecule has 0 saturated carbocycles. The van der Waals surface area contributed by atoms with Crippen molar-refractivity contribution in [1.29, 1.82) is 0 Å². The van der Waals surface area contributed by atoms with Gasteiger partial charge in [0.25, 0.3) is 11.6 Å². The van der Waals surface area contributed by atoms with Crippen LogP contribution in [0.2, 0.25) is 0 Å². The lowest BCUT2D eigenvalue weighted by Gasteiger charge is -2.06. The zero-order valence-electron chi connectivity index (χ0n) is 14.6. The summed E-state index contributed by atoms with van der Waals surface area (Å²) < 4.78 is 10.3. The maximum Gasteiger partial charge on any atom is 0.273 e. The summed E-state index contributed by atoms with van der Waals surface area (Å²) in [5.41, 5.74) is 1.12. The predicted octanol–water partition coefficient (Wildman–Crippen LogP) is 2.89. The van der Waals surface area contributed by atoms with Crippen LogP contribution in [0.25, 0.3) is 11.4 Å². The normalized spacial score (nSPS) is 10.4. The molecule has 0 aliphatic rings. The molecule has 3 aromatic rings. The van der Waals surface area contributed by atoms with Gasteiger partial charge in [-0.3, -0.25) is 14.9 Å². The molecule has 0 bridgehead atoms. The van der Waals surface area contributed by atoms with Crippen molar-refractivity contribution in [3.63, 3.8) is 0 Å². The first kappa shape index (κ1) is 18.1. The third kappa shape index (κ3) is 3.92. The SMILES string of the molecule is COc1cccc(-c2noc(CNC(=O)c3cccc([N+](=O)[O-])c3C)n2)c1.